The van der Waals surface area contributed by atoms with Gasteiger partial charge in [0.2, 0.25) is 0 Å². The number of likely N-dealkylation sites (N-methyl/N-ethyl adjacent to an activating group) is 1. The highest BCUT2D eigenvalue weighted by molar-refractivity contribution is 7.99. The Labute approximate surface area is 98.6 Å². The topological polar surface area (TPSA) is 15.3 Å². The number of halogens is 1. The van der Waals surface area contributed by atoms with Crippen LogP contribution in [0.4, 0.5) is 0 Å². The second-order valence-corrected chi connectivity index (χ2v) is 5.02. The van der Waals surface area contributed by atoms with E-state index in [1.165, 1.54) is 44.0 Å². The Hall–Kier alpha value is 0.560. The predicted octanol–water partition coefficient (Wildman–Crippen LogP) is 1.85. The first kappa shape index (κ1) is 14.6. The minimum Gasteiger partial charge on any atom is -0.316 e. The molecule has 0 spiro atoms. The molecule has 0 amide bonds. The molecule has 0 aromatic carbocycles. The Bertz CT molecular complexity index is 135. The lowest BCUT2D eigenvalue weighted by atomic mass is 10.1. The maximum Gasteiger partial charge on any atom is 0.0192 e. The van der Waals surface area contributed by atoms with Gasteiger partial charge in [-0.15, -0.1) is 12.4 Å². The van der Waals surface area contributed by atoms with Crippen molar-refractivity contribution in [1.29, 1.82) is 0 Å². The molecule has 1 rings (SSSR count). The van der Waals surface area contributed by atoms with Gasteiger partial charge in [0.05, 0.1) is 0 Å². The summed E-state index contributed by atoms with van der Waals surface area (Å²) in [7, 11) is 2.08. The summed E-state index contributed by atoms with van der Waals surface area (Å²) in [6.45, 7) is 6.07. The van der Waals surface area contributed by atoms with E-state index in [0.717, 1.165) is 6.04 Å². The van der Waals surface area contributed by atoms with Crippen LogP contribution in [0, 0.1) is 0 Å². The Morgan fingerprint density at radius 3 is 2.93 bits per heavy atom. The standard InChI is InChI=1S/C10H22N2S.ClH/c1-3-13-8-7-12-6-4-5-10(9-12)11-2;/h10-11H,3-9H2,1-2H3;1H. The van der Waals surface area contributed by atoms with Gasteiger partial charge in [0.25, 0.3) is 0 Å². The van der Waals surface area contributed by atoms with Crippen LogP contribution in [-0.4, -0.2) is 49.1 Å². The van der Waals surface area contributed by atoms with Gasteiger partial charge >= 0.3 is 0 Å². The summed E-state index contributed by atoms with van der Waals surface area (Å²) in [6, 6.07) is 0.736. The van der Waals surface area contributed by atoms with Crippen LogP contribution < -0.4 is 5.32 Å². The average molecular weight is 239 g/mol. The van der Waals surface area contributed by atoms with Gasteiger partial charge in [-0.1, -0.05) is 6.92 Å². The molecule has 1 heterocycles. The maximum absolute atomic E-state index is 3.38. The molecule has 0 aromatic rings. The third-order valence-electron chi connectivity index (χ3n) is 2.67. The molecule has 1 unspecified atom stereocenters. The minimum atomic E-state index is 0. The van der Waals surface area contributed by atoms with Crippen LogP contribution in [0.5, 0.6) is 0 Å². The van der Waals surface area contributed by atoms with Crippen molar-refractivity contribution in [3.05, 3.63) is 0 Å². The largest absolute Gasteiger partial charge is 0.316 e. The van der Waals surface area contributed by atoms with Crippen molar-refractivity contribution in [3.63, 3.8) is 0 Å². The molecule has 0 bridgehead atoms. The molecule has 1 saturated heterocycles. The number of nitrogens with zero attached hydrogens (tertiary/aromatic N) is 1. The van der Waals surface area contributed by atoms with E-state index in [1.807, 2.05) is 11.8 Å². The number of piperidine rings is 1. The van der Waals surface area contributed by atoms with Gasteiger partial charge < -0.3 is 10.2 Å². The number of thioether (sulfide) groups is 1. The highest BCUT2D eigenvalue weighted by atomic mass is 35.5. The quantitative estimate of drug-likeness (QED) is 0.736. The van der Waals surface area contributed by atoms with Crippen LogP contribution >= 0.6 is 24.2 Å². The van der Waals surface area contributed by atoms with Gasteiger partial charge in [-0.05, 0) is 32.2 Å². The molecular weight excluding hydrogens is 216 g/mol. The van der Waals surface area contributed by atoms with Crippen molar-refractivity contribution in [2.24, 2.45) is 0 Å². The summed E-state index contributed by atoms with van der Waals surface area (Å²) < 4.78 is 0. The molecule has 0 radical (unpaired) electrons. The molecular formula is C10H23ClN2S. The third kappa shape index (κ3) is 5.44. The highest BCUT2D eigenvalue weighted by Crippen LogP contribution is 2.10. The highest BCUT2D eigenvalue weighted by Gasteiger charge is 2.17. The monoisotopic (exact) mass is 238 g/mol. The molecule has 1 atom stereocenters. The fraction of sp³-hybridized carbons (Fsp3) is 1.00. The predicted molar refractivity (Wildman–Crippen MR) is 68.8 cm³/mol. The molecule has 1 aliphatic rings. The number of rotatable bonds is 5. The van der Waals surface area contributed by atoms with Crippen LogP contribution in [-0.2, 0) is 0 Å². The van der Waals surface area contributed by atoms with E-state index in [2.05, 4.69) is 24.2 Å². The Kier molecular flexibility index (Phi) is 9.19. The summed E-state index contributed by atoms with van der Waals surface area (Å²) in [5.41, 5.74) is 0. The van der Waals surface area contributed by atoms with Crippen LogP contribution in [0.15, 0.2) is 0 Å². The molecule has 0 aliphatic carbocycles. The molecule has 1 fully saturated rings. The van der Waals surface area contributed by atoms with Gasteiger partial charge in [-0.3, -0.25) is 0 Å². The second kappa shape index (κ2) is 8.84. The van der Waals surface area contributed by atoms with Crippen molar-refractivity contribution in [2.45, 2.75) is 25.8 Å². The van der Waals surface area contributed by atoms with Crippen molar-refractivity contribution in [2.75, 3.05) is 38.2 Å². The lowest BCUT2D eigenvalue weighted by Gasteiger charge is -2.32. The van der Waals surface area contributed by atoms with E-state index < -0.39 is 0 Å². The van der Waals surface area contributed by atoms with E-state index >= 15 is 0 Å². The first-order chi connectivity index (χ1) is 6.36. The van der Waals surface area contributed by atoms with Gasteiger partial charge in [-0.2, -0.15) is 11.8 Å². The number of likely N-dealkylation sites (tertiary alicyclic amines) is 1. The van der Waals surface area contributed by atoms with Crippen molar-refractivity contribution in [1.82, 2.24) is 10.2 Å². The molecule has 4 heteroatoms. The zero-order valence-electron chi connectivity index (χ0n) is 9.29. The molecule has 1 aliphatic heterocycles. The van der Waals surface area contributed by atoms with Crippen LogP contribution in [0.1, 0.15) is 19.8 Å². The van der Waals surface area contributed by atoms with Crippen molar-refractivity contribution in [3.8, 4) is 0 Å². The minimum absolute atomic E-state index is 0. The Balaban J connectivity index is 0.00000169. The van der Waals surface area contributed by atoms with Gasteiger partial charge in [0.15, 0.2) is 0 Å². The van der Waals surface area contributed by atoms with Crippen LogP contribution in [0.25, 0.3) is 0 Å². The Morgan fingerprint density at radius 2 is 2.29 bits per heavy atom. The number of hydrogen-bond acceptors (Lipinski definition) is 3. The van der Waals surface area contributed by atoms with E-state index in [1.54, 1.807) is 0 Å². The summed E-state index contributed by atoms with van der Waals surface area (Å²) in [4.78, 5) is 2.59. The molecule has 86 valence electrons. The van der Waals surface area contributed by atoms with Gasteiger partial charge in [0, 0.05) is 24.9 Å². The molecule has 14 heavy (non-hydrogen) atoms. The van der Waals surface area contributed by atoms with E-state index in [0.29, 0.717) is 0 Å². The van der Waals surface area contributed by atoms with Crippen LogP contribution in [0.2, 0.25) is 0 Å². The number of hydrogen-bond donors (Lipinski definition) is 1. The average Bonchev–Trinajstić information content (AvgIpc) is 2.19. The lowest BCUT2D eigenvalue weighted by Crippen LogP contribution is -2.45. The molecule has 1 N–H and O–H groups in total. The summed E-state index contributed by atoms with van der Waals surface area (Å²) >= 11 is 2.05. The van der Waals surface area contributed by atoms with E-state index in [-0.39, 0.29) is 12.4 Å². The van der Waals surface area contributed by atoms with Gasteiger partial charge in [0.1, 0.15) is 0 Å². The fourth-order valence-corrected chi connectivity index (χ4v) is 2.51. The van der Waals surface area contributed by atoms with Crippen molar-refractivity contribution < 1.29 is 0 Å². The normalized spacial score (nSPS) is 23.1. The third-order valence-corrected chi connectivity index (χ3v) is 3.55. The summed E-state index contributed by atoms with van der Waals surface area (Å²) in [5.74, 6) is 2.55. The lowest BCUT2D eigenvalue weighted by molar-refractivity contribution is 0.206. The van der Waals surface area contributed by atoms with E-state index in [9.17, 15) is 0 Å². The zero-order valence-corrected chi connectivity index (χ0v) is 10.9. The maximum atomic E-state index is 3.38. The SMILES string of the molecule is CCSCCN1CCCC(NC)C1.Cl. The first-order valence-electron chi connectivity index (χ1n) is 5.34. The fourth-order valence-electron chi connectivity index (χ4n) is 1.83. The second-order valence-electron chi connectivity index (χ2n) is 3.63. The van der Waals surface area contributed by atoms with E-state index in [4.69, 9.17) is 0 Å². The van der Waals surface area contributed by atoms with Gasteiger partial charge in [-0.25, -0.2) is 0 Å². The molecule has 0 saturated carbocycles. The summed E-state index contributed by atoms with van der Waals surface area (Å²) in [5, 5.41) is 3.38. The smallest absolute Gasteiger partial charge is 0.0192 e. The van der Waals surface area contributed by atoms with Crippen molar-refractivity contribution >= 4 is 24.2 Å². The first-order valence-corrected chi connectivity index (χ1v) is 6.49. The van der Waals surface area contributed by atoms with Crippen LogP contribution in [0.3, 0.4) is 0 Å². The Morgan fingerprint density at radius 1 is 1.50 bits per heavy atom. The molecule has 0 aromatic heterocycles. The number of nitrogens with one attached hydrogen (secondary N) is 1. The summed E-state index contributed by atoms with van der Waals surface area (Å²) in [6.07, 6.45) is 2.72. The molecule has 2 nitrogen and oxygen atoms in total. The zero-order chi connectivity index (χ0) is 9.52.